The first-order valence-corrected chi connectivity index (χ1v) is 7.73. The van der Waals surface area contributed by atoms with Crippen molar-refractivity contribution in [2.75, 3.05) is 26.7 Å². The van der Waals surface area contributed by atoms with Crippen molar-refractivity contribution in [1.82, 2.24) is 10.2 Å². The van der Waals surface area contributed by atoms with Crippen LogP contribution in [0.25, 0.3) is 0 Å². The SMILES string of the molecule is Cc1cccc(C)c1OCCNC(=O)CN(C)C(=O)c1ccco1. The zero-order chi connectivity index (χ0) is 17.5. The lowest BCUT2D eigenvalue weighted by Crippen LogP contribution is -2.39. The molecular formula is C18H22N2O4. The summed E-state index contributed by atoms with van der Waals surface area (Å²) in [5.74, 6) is 0.477. The number of nitrogens with one attached hydrogen (secondary N) is 1. The maximum absolute atomic E-state index is 12.0. The number of benzene rings is 1. The highest BCUT2D eigenvalue weighted by atomic mass is 16.5. The van der Waals surface area contributed by atoms with Crippen molar-refractivity contribution in [1.29, 1.82) is 0 Å². The first kappa shape index (κ1) is 17.6. The molecule has 0 unspecified atom stereocenters. The smallest absolute Gasteiger partial charge is 0.289 e. The predicted octanol–water partition coefficient (Wildman–Crippen LogP) is 2.16. The summed E-state index contributed by atoms with van der Waals surface area (Å²) in [6.45, 7) is 4.66. The lowest BCUT2D eigenvalue weighted by Gasteiger charge is -2.16. The van der Waals surface area contributed by atoms with Crippen LogP contribution in [0.2, 0.25) is 0 Å². The summed E-state index contributed by atoms with van der Waals surface area (Å²) in [7, 11) is 1.55. The van der Waals surface area contributed by atoms with Crippen molar-refractivity contribution < 1.29 is 18.7 Å². The molecule has 0 bridgehead atoms. The third-order valence-electron chi connectivity index (χ3n) is 3.54. The molecule has 2 aromatic rings. The predicted molar refractivity (Wildman–Crippen MR) is 90.1 cm³/mol. The standard InChI is InChI=1S/C18H22N2O4/c1-13-6-4-7-14(2)17(13)24-11-9-19-16(21)12-20(3)18(22)15-8-5-10-23-15/h4-8,10H,9,11-12H2,1-3H3,(H,19,21). The molecule has 0 aliphatic rings. The first-order chi connectivity index (χ1) is 11.5. The maximum atomic E-state index is 12.0. The number of aryl methyl sites for hydroxylation is 2. The van der Waals surface area contributed by atoms with Gasteiger partial charge in [0.2, 0.25) is 5.91 Å². The van der Waals surface area contributed by atoms with Gasteiger partial charge in [-0.15, -0.1) is 0 Å². The van der Waals surface area contributed by atoms with E-state index in [1.807, 2.05) is 32.0 Å². The number of furan rings is 1. The van der Waals surface area contributed by atoms with Crippen LogP contribution in [-0.2, 0) is 4.79 Å². The molecule has 6 nitrogen and oxygen atoms in total. The lowest BCUT2D eigenvalue weighted by atomic mass is 10.1. The van der Waals surface area contributed by atoms with Crippen LogP contribution in [0.5, 0.6) is 5.75 Å². The molecule has 1 aromatic carbocycles. The van der Waals surface area contributed by atoms with E-state index in [1.165, 1.54) is 11.2 Å². The summed E-state index contributed by atoms with van der Waals surface area (Å²) in [5, 5.41) is 2.73. The van der Waals surface area contributed by atoms with Gasteiger partial charge in [0.15, 0.2) is 5.76 Å². The molecule has 1 aromatic heterocycles. The minimum Gasteiger partial charge on any atom is -0.491 e. The van der Waals surface area contributed by atoms with Gasteiger partial charge in [-0.05, 0) is 37.1 Å². The van der Waals surface area contributed by atoms with Gasteiger partial charge >= 0.3 is 0 Å². The van der Waals surface area contributed by atoms with E-state index >= 15 is 0 Å². The van der Waals surface area contributed by atoms with Crippen LogP contribution >= 0.6 is 0 Å². The number of carbonyl (C=O) groups excluding carboxylic acids is 2. The minimum atomic E-state index is -0.332. The second-order valence-corrected chi connectivity index (χ2v) is 5.56. The summed E-state index contributed by atoms with van der Waals surface area (Å²) in [5.41, 5.74) is 2.12. The van der Waals surface area contributed by atoms with Gasteiger partial charge in [0.1, 0.15) is 12.4 Å². The second-order valence-electron chi connectivity index (χ2n) is 5.56. The molecular weight excluding hydrogens is 308 g/mol. The van der Waals surface area contributed by atoms with E-state index in [-0.39, 0.29) is 24.1 Å². The lowest BCUT2D eigenvalue weighted by molar-refractivity contribution is -0.121. The van der Waals surface area contributed by atoms with Crippen LogP contribution in [0.3, 0.4) is 0 Å². The Balaban J connectivity index is 1.72. The Morgan fingerprint density at radius 1 is 1.17 bits per heavy atom. The van der Waals surface area contributed by atoms with E-state index in [4.69, 9.17) is 9.15 Å². The molecule has 1 heterocycles. The maximum Gasteiger partial charge on any atom is 0.289 e. The van der Waals surface area contributed by atoms with Gasteiger partial charge in [-0.2, -0.15) is 0 Å². The average Bonchev–Trinajstić information content (AvgIpc) is 3.07. The molecule has 0 fully saturated rings. The Hall–Kier alpha value is -2.76. The number of amides is 2. The van der Waals surface area contributed by atoms with Gasteiger partial charge in [-0.1, -0.05) is 18.2 Å². The molecule has 128 valence electrons. The molecule has 0 saturated heterocycles. The Labute approximate surface area is 141 Å². The summed E-state index contributed by atoms with van der Waals surface area (Å²) in [6.07, 6.45) is 1.42. The normalized spacial score (nSPS) is 10.3. The largest absolute Gasteiger partial charge is 0.491 e. The van der Waals surface area contributed by atoms with E-state index in [1.54, 1.807) is 19.2 Å². The Kier molecular flexibility index (Phi) is 6.01. The molecule has 0 aliphatic heterocycles. The summed E-state index contributed by atoms with van der Waals surface area (Å²) < 4.78 is 10.7. The number of para-hydroxylation sites is 1. The average molecular weight is 330 g/mol. The molecule has 0 radical (unpaired) electrons. The van der Waals surface area contributed by atoms with Crippen LogP contribution in [0, 0.1) is 13.8 Å². The van der Waals surface area contributed by atoms with Gasteiger partial charge in [0, 0.05) is 7.05 Å². The molecule has 2 rings (SSSR count). The van der Waals surface area contributed by atoms with Gasteiger partial charge in [-0.25, -0.2) is 0 Å². The number of nitrogens with zero attached hydrogens (tertiary/aromatic N) is 1. The van der Waals surface area contributed by atoms with Crippen molar-refractivity contribution in [2.24, 2.45) is 0 Å². The van der Waals surface area contributed by atoms with Crippen molar-refractivity contribution in [2.45, 2.75) is 13.8 Å². The van der Waals surface area contributed by atoms with Crippen molar-refractivity contribution >= 4 is 11.8 Å². The minimum absolute atomic E-state index is 0.0388. The molecule has 0 atom stereocenters. The van der Waals surface area contributed by atoms with Crippen molar-refractivity contribution in [3.05, 3.63) is 53.5 Å². The topological polar surface area (TPSA) is 71.8 Å². The zero-order valence-electron chi connectivity index (χ0n) is 14.2. The third kappa shape index (κ3) is 4.62. The number of ether oxygens (including phenoxy) is 1. The third-order valence-corrected chi connectivity index (χ3v) is 3.54. The van der Waals surface area contributed by atoms with E-state index in [0.717, 1.165) is 16.9 Å². The Morgan fingerprint density at radius 3 is 2.50 bits per heavy atom. The molecule has 0 spiro atoms. The monoisotopic (exact) mass is 330 g/mol. The fourth-order valence-corrected chi connectivity index (χ4v) is 2.30. The Morgan fingerprint density at radius 2 is 1.88 bits per heavy atom. The molecule has 0 saturated carbocycles. The summed E-state index contributed by atoms with van der Waals surface area (Å²) >= 11 is 0. The van der Waals surface area contributed by atoms with E-state index in [0.29, 0.717) is 13.2 Å². The van der Waals surface area contributed by atoms with Crippen LogP contribution in [-0.4, -0.2) is 43.5 Å². The van der Waals surface area contributed by atoms with Crippen LogP contribution < -0.4 is 10.1 Å². The van der Waals surface area contributed by atoms with Gasteiger partial charge < -0.3 is 19.4 Å². The second kappa shape index (κ2) is 8.19. The van der Waals surface area contributed by atoms with Crippen LogP contribution in [0.4, 0.5) is 0 Å². The molecule has 24 heavy (non-hydrogen) atoms. The molecule has 2 amide bonds. The van der Waals surface area contributed by atoms with Crippen LogP contribution in [0.1, 0.15) is 21.7 Å². The van der Waals surface area contributed by atoms with Crippen molar-refractivity contribution in [3.8, 4) is 5.75 Å². The number of hydrogen-bond acceptors (Lipinski definition) is 4. The number of carbonyl (C=O) groups is 2. The Bertz CT molecular complexity index is 675. The highest BCUT2D eigenvalue weighted by molar-refractivity contribution is 5.94. The van der Waals surface area contributed by atoms with Gasteiger partial charge in [-0.3, -0.25) is 9.59 Å². The molecule has 6 heteroatoms. The molecule has 0 aliphatic carbocycles. The first-order valence-electron chi connectivity index (χ1n) is 7.73. The highest BCUT2D eigenvalue weighted by Gasteiger charge is 2.16. The van der Waals surface area contributed by atoms with E-state index in [9.17, 15) is 9.59 Å². The van der Waals surface area contributed by atoms with E-state index < -0.39 is 0 Å². The fraction of sp³-hybridized carbons (Fsp3) is 0.333. The molecule has 1 N–H and O–H groups in total. The fourth-order valence-electron chi connectivity index (χ4n) is 2.30. The number of rotatable bonds is 7. The summed E-state index contributed by atoms with van der Waals surface area (Å²) in [6, 6.07) is 9.14. The zero-order valence-corrected chi connectivity index (χ0v) is 14.2. The number of likely N-dealkylation sites (N-methyl/N-ethyl adjacent to an activating group) is 1. The summed E-state index contributed by atoms with van der Waals surface area (Å²) in [4.78, 5) is 25.1. The quantitative estimate of drug-likeness (QED) is 0.790. The number of hydrogen-bond donors (Lipinski definition) is 1. The van der Waals surface area contributed by atoms with E-state index in [2.05, 4.69) is 5.32 Å². The highest BCUT2D eigenvalue weighted by Crippen LogP contribution is 2.21. The van der Waals surface area contributed by atoms with Crippen LogP contribution in [0.15, 0.2) is 41.0 Å². The van der Waals surface area contributed by atoms with Gasteiger partial charge in [0.25, 0.3) is 5.91 Å². The van der Waals surface area contributed by atoms with Gasteiger partial charge in [0.05, 0.1) is 19.4 Å². The van der Waals surface area contributed by atoms with Crippen molar-refractivity contribution in [3.63, 3.8) is 0 Å².